The standard InChI is InChI=1S/C17H24F2N2O3/c1-21(11-15-4-2-3-9-23-15)12-16(22)20-10-13-5-7-14(8-6-13)24-17(18)19/h5-8,15,17H,2-4,9-12H2,1H3,(H,20,22). The largest absolute Gasteiger partial charge is 0.435 e. The number of rotatable bonds is 8. The van der Waals surface area contributed by atoms with E-state index in [0.29, 0.717) is 13.1 Å². The lowest BCUT2D eigenvalue weighted by molar-refractivity contribution is -0.122. The minimum Gasteiger partial charge on any atom is -0.435 e. The molecule has 1 aromatic rings. The third-order valence-electron chi connectivity index (χ3n) is 3.84. The molecule has 0 aliphatic carbocycles. The minimum absolute atomic E-state index is 0.0822. The lowest BCUT2D eigenvalue weighted by Crippen LogP contribution is -2.39. The highest BCUT2D eigenvalue weighted by Crippen LogP contribution is 2.15. The topological polar surface area (TPSA) is 50.8 Å². The van der Waals surface area contributed by atoms with Gasteiger partial charge in [0.2, 0.25) is 5.91 Å². The molecule has 1 N–H and O–H groups in total. The maximum Gasteiger partial charge on any atom is 0.387 e. The van der Waals surface area contributed by atoms with E-state index in [0.717, 1.165) is 31.6 Å². The van der Waals surface area contributed by atoms with E-state index in [1.54, 1.807) is 12.1 Å². The lowest BCUT2D eigenvalue weighted by Gasteiger charge is -2.27. The Hall–Kier alpha value is -1.73. The highest BCUT2D eigenvalue weighted by Gasteiger charge is 2.17. The predicted octanol–water partition coefficient (Wildman–Crippen LogP) is 2.41. The predicted molar refractivity (Wildman–Crippen MR) is 86.0 cm³/mol. The van der Waals surface area contributed by atoms with Gasteiger partial charge in [0.1, 0.15) is 5.75 Å². The SMILES string of the molecule is CN(CC(=O)NCc1ccc(OC(F)F)cc1)CC1CCCCO1. The van der Waals surface area contributed by atoms with Crippen LogP contribution in [0.1, 0.15) is 24.8 Å². The molecule has 0 bridgehead atoms. The zero-order chi connectivity index (χ0) is 17.4. The summed E-state index contributed by atoms with van der Waals surface area (Å²) in [5.41, 5.74) is 0.822. The van der Waals surface area contributed by atoms with Crippen LogP contribution in [0, 0.1) is 0 Å². The summed E-state index contributed by atoms with van der Waals surface area (Å²) in [6.45, 7) is -0.643. The Morgan fingerprint density at radius 3 is 2.75 bits per heavy atom. The molecule has 0 saturated carbocycles. The number of carbonyl (C=O) groups excluding carboxylic acids is 1. The molecule has 1 amide bonds. The van der Waals surface area contributed by atoms with Crippen LogP contribution in [0.4, 0.5) is 8.78 Å². The average Bonchev–Trinajstić information content (AvgIpc) is 2.54. The van der Waals surface area contributed by atoms with Crippen LogP contribution in [0.5, 0.6) is 5.75 Å². The number of nitrogens with one attached hydrogen (secondary N) is 1. The fourth-order valence-corrected chi connectivity index (χ4v) is 2.65. The van der Waals surface area contributed by atoms with Crippen molar-refractivity contribution in [1.82, 2.24) is 10.2 Å². The molecule has 1 aromatic carbocycles. The number of ether oxygens (including phenoxy) is 2. The summed E-state index contributed by atoms with van der Waals surface area (Å²) < 4.78 is 34.1. The number of halogens is 2. The highest BCUT2D eigenvalue weighted by atomic mass is 19.3. The fourth-order valence-electron chi connectivity index (χ4n) is 2.65. The third-order valence-corrected chi connectivity index (χ3v) is 3.84. The molecule has 0 spiro atoms. The first-order chi connectivity index (χ1) is 11.5. The fraction of sp³-hybridized carbons (Fsp3) is 0.588. The summed E-state index contributed by atoms with van der Waals surface area (Å²) in [7, 11) is 1.90. The van der Waals surface area contributed by atoms with Gasteiger partial charge in [-0.2, -0.15) is 8.78 Å². The smallest absolute Gasteiger partial charge is 0.387 e. The molecule has 1 heterocycles. The number of hydrogen-bond donors (Lipinski definition) is 1. The molecule has 0 aromatic heterocycles. The van der Waals surface area contributed by atoms with Crippen molar-refractivity contribution in [3.63, 3.8) is 0 Å². The Bertz CT molecular complexity index is 505. The molecule has 1 unspecified atom stereocenters. The second-order valence-electron chi connectivity index (χ2n) is 5.98. The Morgan fingerprint density at radius 2 is 2.12 bits per heavy atom. The van der Waals surface area contributed by atoms with Crippen molar-refractivity contribution in [3.8, 4) is 5.75 Å². The van der Waals surface area contributed by atoms with Gasteiger partial charge in [0, 0.05) is 19.7 Å². The number of nitrogens with zero attached hydrogens (tertiary/aromatic N) is 1. The number of amides is 1. The summed E-state index contributed by atoms with van der Waals surface area (Å²) in [5, 5.41) is 2.82. The molecule has 1 fully saturated rings. The van der Waals surface area contributed by atoms with Crippen molar-refractivity contribution in [2.75, 3.05) is 26.7 Å². The lowest BCUT2D eigenvalue weighted by atomic mass is 10.1. The summed E-state index contributed by atoms with van der Waals surface area (Å²) in [6.07, 6.45) is 3.54. The van der Waals surface area contributed by atoms with E-state index >= 15 is 0 Å². The van der Waals surface area contributed by atoms with Crippen molar-refractivity contribution in [2.24, 2.45) is 0 Å². The van der Waals surface area contributed by atoms with Gasteiger partial charge in [-0.05, 0) is 44.0 Å². The Balaban J connectivity index is 1.68. The van der Waals surface area contributed by atoms with Crippen LogP contribution >= 0.6 is 0 Å². The summed E-state index contributed by atoms with van der Waals surface area (Å²) in [4.78, 5) is 13.9. The van der Waals surface area contributed by atoms with Gasteiger partial charge in [-0.25, -0.2) is 0 Å². The summed E-state index contributed by atoms with van der Waals surface area (Å²) in [5.74, 6) is 0.0218. The van der Waals surface area contributed by atoms with E-state index in [1.807, 2.05) is 11.9 Å². The Kier molecular flexibility index (Phi) is 7.39. The quantitative estimate of drug-likeness (QED) is 0.788. The molecule has 5 nitrogen and oxygen atoms in total. The minimum atomic E-state index is -2.83. The van der Waals surface area contributed by atoms with Gasteiger partial charge in [-0.1, -0.05) is 12.1 Å². The normalized spacial score (nSPS) is 18.0. The highest BCUT2D eigenvalue weighted by molar-refractivity contribution is 5.77. The van der Waals surface area contributed by atoms with Gasteiger partial charge in [-0.3, -0.25) is 9.69 Å². The number of alkyl halides is 2. The van der Waals surface area contributed by atoms with Gasteiger partial charge in [0.15, 0.2) is 0 Å². The van der Waals surface area contributed by atoms with E-state index in [9.17, 15) is 13.6 Å². The monoisotopic (exact) mass is 342 g/mol. The second-order valence-corrected chi connectivity index (χ2v) is 5.98. The average molecular weight is 342 g/mol. The first kappa shape index (κ1) is 18.6. The van der Waals surface area contributed by atoms with Crippen LogP contribution in [0.2, 0.25) is 0 Å². The van der Waals surface area contributed by atoms with Crippen LogP contribution in [0.15, 0.2) is 24.3 Å². The number of benzene rings is 1. The molecule has 1 atom stereocenters. The van der Waals surface area contributed by atoms with Crippen LogP contribution in [-0.4, -0.2) is 50.3 Å². The first-order valence-corrected chi connectivity index (χ1v) is 8.13. The zero-order valence-corrected chi connectivity index (χ0v) is 13.8. The molecule has 134 valence electrons. The van der Waals surface area contributed by atoms with Crippen LogP contribution in [0.25, 0.3) is 0 Å². The third kappa shape index (κ3) is 6.80. The molecule has 0 radical (unpaired) electrons. The van der Waals surface area contributed by atoms with Crippen LogP contribution < -0.4 is 10.1 Å². The zero-order valence-electron chi connectivity index (χ0n) is 13.8. The molecular weight excluding hydrogens is 318 g/mol. The van der Waals surface area contributed by atoms with Crippen molar-refractivity contribution < 1.29 is 23.0 Å². The first-order valence-electron chi connectivity index (χ1n) is 8.13. The molecule has 1 aliphatic rings. The Labute approximate surface area is 140 Å². The van der Waals surface area contributed by atoms with Crippen molar-refractivity contribution in [2.45, 2.75) is 38.5 Å². The van der Waals surface area contributed by atoms with Crippen LogP contribution in [-0.2, 0) is 16.1 Å². The van der Waals surface area contributed by atoms with E-state index in [2.05, 4.69) is 10.1 Å². The van der Waals surface area contributed by atoms with E-state index < -0.39 is 6.61 Å². The maximum atomic E-state index is 12.1. The number of carbonyl (C=O) groups is 1. The van der Waals surface area contributed by atoms with E-state index in [1.165, 1.54) is 18.6 Å². The van der Waals surface area contributed by atoms with Gasteiger partial charge in [-0.15, -0.1) is 0 Å². The molecule has 1 aliphatic heterocycles. The summed E-state index contributed by atoms with van der Waals surface area (Å²) >= 11 is 0. The van der Waals surface area contributed by atoms with Crippen molar-refractivity contribution in [3.05, 3.63) is 29.8 Å². The van der Waals surface area contributed by atoms with E-state index in [-0.39, 0.29) is 17.8 Å². The van der Waals surface area contributed by atoms with Gasteiger partial charge in [0.25, 0.3) is 0 Å². The number of likely N-dealkylation sites (N-methyl/N-ethyl adjacent to an activating group) is 1. The summed E-state index contributed by atoms with van der Waals surface area (Å²) in [6, 6.07) is 6.22. The molecular formula is C17H24F2N2O3. The maximum absolute atomic E-state index is 12.1. The molecule has 24 heavy (non-hydrogen) atoms. The molecule has 2 rings (SSSR count). The van der Waals surface area contributed by atoms with Gasteiger partial charge < -0.3 is 14.8 Å². The Morgan fingerprint density at radius 1 is 1.38 bits per heavy atom. The van der Waals surface area contributed by atoms with Gasteiger partial charge >= 0.3 is 6.61 Å². The number of hydrogen-bond acceptors (Lipinski definition) is 4. The van der Waals surface area contributed by atoms with Crippen molar-refractivity contribution in [1.29, 1.82) is 0 Å². The second kappa shape index (κ2) is 9.54. The van der Waals surface area contributed by atoms with Crippen molar-refractivity contribution >= 4 is 5.91 Å². The van der Waals surface area contributed by atoms with E-state index in [4.69, 9.17) is 4.74 Å². The molecule has 1 saturated heterocycles. The van der Waals surface area contributed by atoms with Crippen LogP contribution in [0.3, 0.4) is 0 Å². The molecule has 7 heteroatoms. The van der Waals surface area contributed by atoms with Gasteiger partial charge in [0.05, 0.1) is 12.6 Å².